The van der Waals surface area contributed by atoms with Crippen molar-refractivity contribution >= 4 is 39.2 Å². The standard InChI is InChI=1S/C23H27N3O3S2/c1-13-6-7-17(8-14(13)2)18-11-30-21-20(18)22(28)25(5)23(24-21)31-12-19(27)26-9-15(3)29-16(4)10-26/h6-8,11,15-16H,9-10,12H2,1-5H3. The predicted octanol–water partition coefficient (Wildman–Crippen LogP) is 4.01. The number of aryl methyl sites for hydroxylation is 2. The Morgan fingerprint density at radius 2 is 1.94 bits per heavy atom. The van der Waals surface area contributed by atoms with Crippen LogP contribution in [0.15, 0.2) is 33.5 Å². The molecule has 1 saturated heterocycles. The summed E-state index contributed by atoms with van der Waals surface area (Å²) in [4.78, 5) is 33.2. The van der Waals surface area contributed by atoms with Gasteiger partial charge in [0.25, 0.3) is 5.56 Å². The lowest BCUT2D eigenvalue weighted by Gasteiger charge is -2.35. The topological polar surface area (TPSA) is 64.4 Å². The van der Waals surface area contributed by atoms with Crippen molar-refractivity contribution in [3.8, 4) is 11.1 Å². The number of carbonyl (C=O) groups is 1. The minimum Gasteiger partial charge on any atom is -0.372 e. The fourth-order valence-electron chi connectivity index (χ4n) is 3.90. The fourth-order valence-corrected chi connectivity index (χ4v) is 5.77. The van der Waals surface area contributed by atoms with E-state index in [0.29, 0.717) is 28.5 Å². The van der Waals surface area contributed by atoms with Crippen LogP contribution >= 0.6 is 23.1 Å². The summed E-state index contributed by atoms with van der Waals surface area (Å²) >= 11 is 2.79. The van der Waals surface area contributed by atoms with Gasteiger partial charge in [-0.2, -0.15) is 0 Å². The Morgan fingerprint density at radius 3 is 2.61 bits per heavy atom. The molecule has 1 aliphatic rings. The van der Waals surface area contributed by atoms with Crippen LogP contribution in [0.1, 0.15) is 25.0 Å². The van der Waals surface area contributed by atoms with Gasteiger partial charge in [-0.25, -0.2) is 4.98 Å². The third kappa shape index (κ3) is 4.42. The Hall–Kier alpha value is -2.16. The van der Waals surface area contributed by atoms with Crippen LogP contribution < -0.4 is 5.56 Å². The van der Waals surface area contributed by atoms with Crippen LogP contribution in [-0.2, 0) is 16.6 Å². The van der Waals surface area contributed by atoms with E-state index in [0.717, 1.165) is 11.1 Å². The van der Waals surface area contributed by atoms with E-state index in [2.05, 4.69) is 32.0 Å². The molecule has 0 radical (unpaired) electrons. The first-order chi connectivity index (χ1) is 14.7. The predicted molar refractivity (Wildman–Crippen MR) is 127 cm³/mol. The number of thiophene rings is 1. The quantitative estimate of drug-likeness (QED) is 0.438. The highest BCUT2D eigenvalue weighted by atomic mass is 32.2. The van der Waals surface area contributed by atoms with Gasteiger partial charge in [-0.3, -0.25) is 14.2 Å². The largest absolute Gasteiger partial charge is 0.372 e. The molecule has 2 atom stereocenters. The molecule has 0 spiro atoms. The maximum absolute atomic E-state index is 13.2. The van der Waals surface area contributed by atoms with Crippen molar-refractivity contribution in [2.45, 2.75) is 45.1 Å². The molecule has 1 aromatic carbocycles. The number of nitrogens with zero attached hydrogens (tertiary/aromatic N) is 3. The normalized spacial score (nSPS) is 19.2. The van der Waals surface area contributed by atoms with Crippen LogP contribution in [0.2, 0.25) is 0 Å². The minimum absolute atomic E-state index is 0.0338. The van der Waals surface area contributed by atoms with Crippen LogP contribution in [0.3, 0.4) is 0 Å². The number of hydrogen-bond donors (Lipinski definition) is 0. The van der Waals surface area contributed by atoms with Crippen molar-refractivity contribution in [3.05, 3.63) is 45.1 Å². The molecule has 4 rings (SSSR count). The van der Waals surface area contributed by atoms with Crippen molar-refractivity contribution in [2.24, 2.45) is 7.05 Å². The van der Waals surface area contributed by atoms with Gasteiger partial charge in [-0.15, -0.1) is 11.3 Å². The summed E-state index contributed by atoms with van der Waals surface area (Å²) in [6, 6.07) is 6.24. The summed E-state index contributed by atoms with van der Waals surface area (Å²) in [7, 11) is 1.72. The van der Waals surface area contributed by atoms with Gasteiger partial charge in [0.15, 0.2) is 5.16 Å². The smallest absolute Gasteiger partial charge is 0.263 e. The Morgan fingerprint density at radius 1 is 1.23 bits per heavy atom. The average Bonchev–Trinajstić information content (AvgIpc) is 3.14. The Bertz CT molecular complexity index is 1190. The summed E-state index contributed by atoms with van der Waals surface area (Å²) in [5.74, 6) is 0.295. The Balaban J connectivity index is 1.59. The van der Waals surface area contributed by atoms with Gasteiger partial charge >= 0.3 is 0 Å². The molecule has 1 amide bonds. The number of carbonyl (C=O) groups excluding carboxylic acids is 1. The third-order valence-electron chi connectivity index (χ3n) is 5.69. The number of aromatic nitrogens is 2. The van der Waals surface area contributed by atoms with E-state index in [-0.39, 0.29) is 29.4 Å². The second-order valence-corrected chi connectivity index (χ2v) is 10.0. The molecular weight excluding hydrogens is 430 g/mol. The molecule has 0 bridgehead atoms. The lowest BCUT2D eigenvalue weighted by Crippen LogP contribution is -2.48. The van der Waals surface area contributed by atoms with Crippen molar-refractivity contribution < 1.29 is 9.53 Å². The van der Waals surface area contributed by atoms with E-state index < -0.39 is 0 Å². The molecule has 164 valence electrons. The zero-order chi connectivity index (χ0) is 22.3. The van der Waals surface area contributed by atoms with E-state index in [9.17, 15) is 9.59 Å². The SMILES string of the molecule is Cc1ccc(-c2csc3nc(SCC(=O)N4CC(C)OC(C)C4)n(C)c(=O)c23)cc1C. The maximum atomic E-state index is 13.2. The summed E-state index contributed by atoms with van der Waals surface area (Å²) < 4.78 is 7.27. The average molecular weight is 458 g/mol. The van der Waals surface area contributed by atoms with E-state index in [1.54, 1.807) is 11.6 Å². The van der Waals surface area contributed by atoms with Gasteiger partial charge in [0.1, 0.15) is 4.83 Å². The zero-order valence-electron chi connectivity index (χ0n) is 18.5. The number of ether oxygens (including phenoxy) is 1. The monoisotopic (exact) mass is 457 g/mol. The Kier molecular flexibility index (Phi) is 6.23. The number of benzene rings is 1. The Labute approximate surface area is 190 Å². The highest BCUT2D eigenvalue weighted by Gasteiger charge is 2.26. The molecule has 1 fully saturated rings. The van der Waals surface area contributed by atoms with E-state index >= 15 is 0 Å². The van der Waals surface area contributed by atoms with Crippen molar-refractivity contribution in [1.29, 1.82) is 0 Å². The van der Waals surface area contributed by atoms with E-state index in [4.69, 9.17) is 9.72 Å². The van der Waals surface area contributed by atoms with Crippen molar-refractivity contribution in [1.82, 2.24) is 14.5 Å². The van der Waals surface area contributed by atoms with E-state index in [1.165, 1.54) is 34.2 Å². The number of hydrogen-bond acceptors (Lipinski definition) is 6. The number of morpholine rings is 1. The first-order valence-corrected chi connectivity index (χ1v) is 12.2. The molecule has 2 aromatic heterocycles. The number of thioether (sulfide) groups is 1. The molecule has 0 saturated carbocycles. The van der Waals surface area contributed by atoms with Gasteiger partial charge in [0.2, 0.25) is 5.91 Å². The highest BCUT2D eigenvalue weighted by molar-refractivity contribution is 7.99. The summed E-state index contributed by atoms with van der Waals surface area (Å²) in [5.41, 5.74) is 4.28. The van der Waals surface area contributed by atoms with Gasteiger partial charge in [0, 0.05) is 31.1 Å². The molecule has 0 N–H and O–H groups in total. The first kappa shape index (κ1) is 22.0. The molecule has 6 nitrogen and oxygen atoms in total. The van der Waals surface area contributed by atoms with Crippen LogP contribution in [0.4, 0.5) is 0 Å². The molecule has 2 unspecified atom stereocenters. The second kappa shape index (κ2) is 8.76. The van der Waals surface area contributed by atoms with E-state index in [1.807, 2.05) is 24.1 Å². The minimum atomic E-state index is -0.0805. The molecule has 31 heavy (non-hydrogen) atoms. The number of rotatable bonds is 4. The third-order valence-corrected chi connectivity index (χ3v) is 7.58. The first-order valence-electron chi connectivity index (χ1n) is 10.4. The summed E-state index contributed by atoms with van der Waals surface area (Å²) in [6.45, 7) is 9.30. The van der Waals surface area contributed by atoms with Crippen molar-refractivity contribution in [2.75, 3.05) is 18.8 Å². The molecule has 3 aromatic rings. The summed E-state index contributed by atoms with van der Waals surface area (Å²) in [5, 5.41) is 3.20. The van der Waals surface area contributed by atoms with Crippen LogP contribution in [-0.4, -0.2) is 51.4 Å². The number of amides is 1. The maximum Gasteiger partial charge on any atom is 0.263 e. The van der Waals surface area contributed by atoms with Crippen LogP contribution in [0.25, 0.3) is 21.3 Å². The molecule has 1 aliphatic heterocycles. The highest BCUT2D eigenvalue weighted by Crippen LogP contribution is 2.33. The molecule has 0 aliphatic carbocycles. The van der Waals surface area contributed by atoms with Gasteiger partial charge in [0.05, 0.1) is 23.3 Å². The molecule has 3 heterocycles. The van der Waals surface area contributed by atoms with Gasteiger partial charge in [-0.05, 0) is 44.4 Å². The van der Waals surface area contributed by atoms with Gasteiger partial charge in [-0.1, -0.05) is 30.0 Å². The fraction of sp³-hybridized carbons (Fsp3) is 0.435. The summed E-state index contributed by atoms with van der Waals surface area (Å²) in [6.07, 6.45) is 0.0676. The van der Waals surface area contributed by atoms with Crippen molar-refractivity contribution in [3.63, 3.8) is 0 Å². The lowest BCUT2D eigenvalue weighted by atomic mass is 10.0. The number of fused-ring (bicyclic) bond motifs is 1. The van der Waals surface area contributed by atoms with Gasteiger partial charge < -0.3 is 9.64 Å². The second-order valence-electron chi connectivity index (χ2n) is 8.23. The lowest BCUT2D eigenvalue weighted by molar-refractivity contribution is -0.140. The zero-order valence-corrected chi connectivity index (χ0v) is 20.1. The molecular formula is C23H27N3O3S2. The molecule has 8 heteroatoms. The van der Waals surface area contributed by atoms with Crippen LogP contribution in [0.5, 0.6) is 0 Å². The van der Waals surface area contributed by atoms with Crippen LogP contribution in [0, 0.1) is 13.8 Å².